The first kappa shape index (κ1) is 11.0. The molecule has 0 radical (unpaired) electrons. The Balaban J connectivity index is 2.36. The van der Waals surface area contributed by atoms with Crippen molar-refractivity contribution in [3.05, 3.63) is 35.4 Å². The molecule has 1 aliphatic rings. The standard InChI is InChI=1S/C14H19Cl/c1-3-11-6-4-5-7-13(11)14(2)9-8-12(15)10-14/h4-7,12H,3,8-10H2,1-2H3. The largest absolute Gasteiger partial charge is 0.123 e. The van der Waals surface area contributed by atoms with Crippen molar-refractivity contribution in [1.29, 1.82) is 0 Å². The fourth-order valence-corrected chi connectivity index (χ4v) is 3.28. The molecule has 2 rings (SSSR count). The monoisotopic (exact) mass is 222 g/mol. The zero-order valence-electron chi connectivity index (χ0n) is 9.59. The van der Waals surface area contributed by atoms with Crippen LogP contribution in [0, 0.1) is 0 Å². The van der Waals surface area contributed by atoms with Gasteiger partial charge in [0.1, 0.15) is 0 Å². The van der Waals surface area contributed by atoms with E-state index in [-0.39, 0.29) is 0 Å². The molecule has 15 heavy (non-hydrogen) atoms. The lowest BCUT2D eigenvalue weighted by atomic mass is 9.78. The van der Waals surface area contributed by atoms with Crippen molar-refractivity contribution in [3.8, 4) is 0 Å². The van der Waals surface area contributed by atoms with Crippen molar-refractivity contribution in [2.24, 2.45) is 0 Å². The highest BCUT2D eigenvalue weighted by molar-refractivity contribution is 6.20. The minimum Gasteiger partial charge on any atom is -0.123 e. The highest BCUT2D eigenvalue weighted by Gasteiger charge is 2.36. The number of hydrogen-bond donors (Lipinski definition) is 0. The molecule has 2 atom stereocenters. The third kappa shape index (κ3) is 2.06. The Labute approximate surface area is 97.6 Å². The van der Waals surface area contributed by atoms with Gasteiger partial charge < -0.3 is 0 Å². The first-order valence-corrected chi connectivity index (χ1v) is 6.32. The predicted molar refractivity (Wildman–Crippen MR) is 66.7 cm³/mol. The third-order valence-corrected chi connectivity index (χ3v) is 4.10. The van der Waals surface area contributed by atoms with Gasteiger partial charge in [-0.1, -0.05) is 38.1 Å². The van der Waals surface area contributed by atoms with E-state index in [9.17, 15) is 0 Å². The summed E-state index contributed by atoms with van der Waals surface area (Å²) in [5, 5.41) is 0.375. The highest BCUT2D eigenvalue weighted by atomic mass is 35.5. The molecule has 1 saturated carbocycles. The molecular formula is C14H19Cl. The smallest absolute Gasteiger partial charge is 0.0344 e. The quantitative estimate of drug-likeness (QED) is 0.655. The Morgan fingerprint density at radius 2 is 2.13 bits per heavy atom. The lowest BCUT2D eigenvalue weighted by Crippen LogP contribution is -2.19. The predicted octanol–water partition coefficient (Wildman–Crippen LogP) is 4.30. The number of aryl methyl sites for hydroxylation is 1. The summed E-state index contributed by atoms with van der Waals surface area (Å²) in [6, 6.07) is 8.83. The van der Waals surface area contributed by atoms with Crippen LogP contribution in [-0.4, -0.2) is 5.38 Å². The molecule has 0 heterocycles. The lowest BCUT2D eigenvalue weighted by molar-refractivity contribution is 0.487. The second-order valence-electron chi connectivity index (χ2n) is 4.91. The van der Waals surface area contributed by atoms with Gasteiger partial charge in [-0.05, 0) is 42.2 Å². The topological polar surface area (TPSA) is 0 Å². The summed E-state index contributed by atoms with van der Waals surface area (Å²) in [4.78, 5) is 0. The van der Waals surface area contributed by atoms with Crippen LogP contribution in [-0.2, 0) is 11.8 Å². The van der Waals surface area contributed by atoms with Crippen molar-refractivity contribution in [3.63, 3.8) is 0 Å². The Bertz CT molecular complexity index is 345. The van der Waals surface area contributed by atoms with Gasteiger partial charge in [0.25, 0.3) is 0 Å². The maximum Gasteiger partial charge on any atom is 0.0344 e. The van der Waals surface area contributed by atoms with E-state index in [1.54, 1.807) is 0 Å². The molecule has 0 saturated heterocycles. The average molecular weight is 223 g/mol. The summed E-state index contributed by atoms with van der Waals surface area (Å²) >= 11 is 6.24. The molecule has 82 valence electrons. The minimum absolute atomic E-state index is 0.318. The second kappa shape index (κ2) is 4.17. The molecule has 1 aromatic carbocycles. The SMILES string of the molecule is CCc1ccccc1C1(C)CCC(Cl)C1. The van der Waals surface area contributed by atoms with E-state index in [4.69, 9.17) is 11.6 Å². The van der Waals surface area contributed by atoms with Gasteiger partial charge in [0, 0.05) is 5.38 Å². The van der Waals surface area contributed by atoms with Crippen LogP contribution < -0.4 is 0 Å². The maximum absolute atomic E-state index is 6.24. The Morgan fingerprint density at radius 1 is 1.40 bits per heavy atom. The minimum atomic E-state index is 0.318. The molecule has 1 heteroatoms. The number of hydrogen-bond acceptors (Lipinski definition) is 0. The number of benzene rings is 1. The lowest BCUT2D eigenvalue weighted by Gasteiger charge is -2.27. The first-order valence-electron chi connectivity index (χ1n) is 5.88. The van der Waals surface area contributed by atoms with E-state index in [0.29, 0.717) is 10.8 Å². The molecule has 0 spiro atoms. The van der Waals surface area contributed by atoms with Gasteiger partial charge in [-0.2, -0.15) is 0 Å². The van der Waals surface area contributed by atoms with Gasteiger partial charge >= 0.3 is 0 Å². The first-order chi connectivity index (χ1) is 7.15. The van der Waals surface area contributed by atoms with E-state index >= 15 is 0 Å². The van der Waals surface area contributed by atoms with Crippen LogP contribution in [0.5, 0.6) is 0 Å². The van der Waals surface area contributed by atoms with Crippen LogP contribution in [0.2, 0.25) is 0 Å². The molecule has 1 aromatic rings. The molecule has 0 nitrogen and oxygen atoms in total. The third-order valence-electron chi connectivity index (χ3n) is 3.73. The fraction of sp³-hybridized carbons (Fsp3) is 0.571. The van der Waals surface area contributed by atoms with Gasteiger partial charge in [-0.25, -0.2) is 0 Å². The number of halogens is 1. The van der Waals surface area contributed by atoms with E-state index in [1.807, 2.05) is 0 Å². The van der Waals surface area contributed by atoms with Crippen LogP contribution >= 0.6 is 11.6 Å². The summed E-state index contributed by atoms with van der Waals surface area (Å²) in [6.07, 6.45) is 4.65. The zero-order chi connectivity index (χ0) is 10.9. The van der Waals surface area contributed by atoms with Gasteiger partial charge in [-0.15, -0.1) is 11.6 Å². The average Bonchev–Trinajstić information content (AvgIpc) is 2.60. The Morgan fingerprint density at radius 3 is 2.73 bits per heavy atom. The van der Waals surface area contributed by atoms with E-state index in [0.717, 1.165) is 19.3 Å². The Kier molecular flexibility index (Phi) is 3.06. The summed E-state index contributed by atoms with van der Waals surface area (Å²) in [7, 11) is 0. The zero-order valence-corrected chi connectivity index (χ0v) is 10.3. The summed E-state index contributed by atoms with van der Waals surface area (Å²) in [5.41, 5.74) is 3.33. The van der Waals surface area contributed by atoms with Gasteiger partial charge in [0.15, 0.2) is 0 Å². The van der Waals surface area contributed by atoms with E-state index in [2.05, 4.69) is 38.1 Å². The van der Waals surface area contributed by atoms with E-state index < -0.39 is 0 Å². The maximum atomic E-state index is 6.24. The van der Waals surface area contributed by atoms with Crippen LogP contribution in [0.15, 0.2) is 24.3 Å². The molecular weight excluding hydrogens is 204 g/mol. The molecule has 0 amide bonds. The second-order valence-corrected chi connectivity index (χ2v) is 5.53. The number of alkyl halides is 1. The highest BCUT2D eigenvalue weighted by Crippen LogP contribution is 2.44. The molecule has 0 aliphatic heterocycles. The van der Waals surface area contributed by atoms with Crippen LogP contribution in [0.3, 0.4) is 0 Å². The fourth-order valence-electron chi connectivity index (χ4n) is 2.83. The van der Waals surface area contributed by atoms with Crippen LogP contribution in [0.1, 0.15) is 44.2 Å². The van der Waals surface area contributed by atoms with Crippen molar-refractivity contribution in [2.75, 3.05) is 0 Å². The van der Waals surface area contributed by atoms with Gasteiger partial charge in [0.2, 0.25) is 0 Å². The summed E-state index contributed by atoms with van der Waals surface area (Å²) in [6.45, 7) is 4.60. The molecule has 0 N–H and O–H groups in total. The van der Waals surface area contributed by atoms with Crippen LogP contribution in [0.4, 0.5) is 0 Å². The molecule has 0 bridgehead atoms. The summed E-state index contributed by atoms with van der Waals surface area (Å²) in [5.74, 6) is 0. The van der Waals surface area contributed by atoms with Crippen molar-refractivity contribution >= 4 is 11.6 Å². The molecule has 0 aromatic heterocycles. The normalized spacial score (nSPS) is 30.7. The van der Waals surface area contributed by atoms with Crippen LogP contribution in [0.25, 0.3) is 0 Å². The van der Waals surface area contributed by atoms with Gasteiger partial charge in [-0.3, -0.25) is 0 Å². The molecule has 2 unspecified atom stereocenters. The number of rotatable bonds is 2. The molecule has 1 aliphatic carbocycles. The Hall–Kier alpha value is -0.490. The van der Waals surface area contributed by atoms with Gasteiger partial charge in [0.05, 0.1) is 0 Å². The molecule has 1 fully saturated rings. The summed E-state index contributed by atoms with van der Waals surface area (Å²) < 4.78 is 0. The van der Waals surface area contributed by atoms with Crippen molar-refractivity contribution in [2.45, 2.75) is 50.3 Å². The van der Waals surface area contributed by atoms with Crippen molar-refractivity contribution in [1.82, 2.24) is 0 Å². The van der Waals surface area contributed by atoms with E-state index in [1.165, 1.54) is 17.5 Å². The van der Waals surface area contributed by atoms with Crippen molar-refractivity contribution < 1.29 is 0 Å².